The largest absolute Gasteiger partial charge is 0.302 e. The molecule has 0 spiro atoms. The summed E-state index contributed by atoms with van der Waals surface area (Å²) in [6.45, 7) is 11.3. The van der Waals surface area contributed by atoms with Crippen molar-refractivity contribution in [3.63, 3.8) is 0 Å². The second-order valence-corrected chi connectivity index (χ2v) is 9.04. The Morgan fingerprint density at radius 2 is 1.58 bits per heavy atom. The monoisotopic (exact) mass is 374 g/mol. The fourth-order valence-electron chi connectivity index (χ4n) is 4.29. The Balaban J connectivity index is 1.67. The number of hydrogen-bond acceptors (Lipinski definition) is 5. The molecule has 2 saturated heterocycles. The molecular weight excluding hydrogens is 344 g/mol. The molecule has 2 aliphatic heterocycles. The lowest BCUT2D eigenvalue weighted by molar-refractivity contribution is 0.217. The van der Waals surface area contributed by atoms with E-state index in [1.54, 1.807) is 11.3 Å². The zero-order valence-electron chi connectivity index (χ0n) is 16.1. The van der Waals surface area contributed by atoms with E-state index in [0.29, 0.717) is 0 Å². The number of likely N-dealkylation sites (tertiary alicyclic amines) is 2. The van der Waals surface area contributed by atoms with Crippen LogP contribution in [0.3, 0.4) is 0 Å². The molecule has 0 bridgehead atoms. The molecule has 0 aromatic carbocycles. The minimum Gasteiger partial charge on any atom is -0.302 e. The normalized spacial score (nSPS) is 19.6. The zero-order chi connectivity index (χ0) is 18.1. The molecule has 2 fully saturated rings. The summed E-state index contributed by atoms with van der Waals surface area (Å²) in [5.74, 6) is 0.961. The first-order chi connectivity index (χ1) is 12.6. The SMILES string of the molecule is Cc1sc2nc(CN3CCCC3)n(CCN3CCCCC3)c(=O)c2c1C. The van der Waals surface area contributed by atoms with Crippen molar-refractivity contribution < 1.29 is 0 Å². The molecule has 0 aliphatic carbocycles. The Hall–Kier alpha value is -1.24. The van der Waals surface area contributed by atoms with Crippen LogP contribution in [0, 0.1) is 13.8 Å². The van der Waals surface area contributed by atoms with Crippen LogP contribution in [0.25, 0.3) is 10.2 Å². The van der Waals surface area contributed by atoms with E-state index in [9.17, 15) is 4.79 Å². The van der Waals surface area contributed by atoms with Crippen molar-refractivity contribution >= 4 is 21.6 Å². The van der Waals surface area contributed by atoms with Gasteiger partial charge >= 0.3 is 0 Å². The van der Waals surface area contributed by atoms with Crippen molar-refractivity contribution in [2.45, 2.75) is 59.0 Å². The number of piperidine rings is 1. The Bertz CT molecular complexity index is 828. The summed E-state index contributed by atoms with van der Waals surface area (Å²) in [5.41, 5.74) is 1.28. The lowest BCUT2D eigenvalue weighted by Crippen LogP contribution is -2.37. The molecule has 0 amide bonds. The second kappa shape index (κ2) is 7.79. The highest BCUT2D eigenvalue weighted by molar-refractivity contribution is 7.18. The first-order valence-electron chi connectivity index (χ1n) is 10.1. The van der Waals surface area contributed by atoms with E-state index in [1.165, 1.54) is 50.1 Å². The molecule has 26 heavy (non-hydrogen) atoms. The van der Waals surface area contributed by atoms with Gasteiger partial charge in [-0.15, -0.1) is 11.3 Å². The van der Waals surface area contributed by atoms with Gasteiger partial charge < -0.3 is 4.90 Å². The highest BCUT2D eigenvalue weighted by Gasteiger charge is 2.20. The van der Waals surface area contributed by atoms with E-state index in [-0.39, 0.29) is 5.56 Å². The highest BCUT2D eigenvalue weighted by Crippen LogP contribution is 2.26. The Kier molecular flexibility index (Phi) is 5.43. The number of aryl methyl sites for hydroxylation is 2. The van der Waals surface area contributed by atoms with Gasteiger partial charge in [-0.2, -0.15) is 0 Å². The number of aromatic nitrogens is 2. The molecule has 4 rings (SSSR count). The van der Waals surface area contributed by atoms with Gasteiger partial charge in [0, 0.05) is 18.0 Å². The molecule has 142 valence electrons. The van der Waals surface area contributed by atoms with Crippen LogP contribution in [-0.4, -0.2) is 52.1 Å². The van der Waals surface area contributed by atoms with Crippen molar-refractivity contribution in [1.82, 2.24) is 19.4 Å². The average molecular weight is 375 g/mol. The molecule has 6 heteroatoms. The summed E-state index contributed by atoms with van der Waals surface area (Å²) in [6.07, 6.45) is 6.44. The molecule has 5 nitrogen and oxygen atoms in total. The smallest absolute Gasteiger partial charge is 0.262 e. The lowest BCUT2D eigenvalue weighted by atomic mass is 10.1. The molecule has 2 aromatic heterocycles. The minimum absolute atomic E-state index is 0.169. The maximum Gasteiger partial charge on any atom is 0.262 e. The van der Waals surface area contributed by atoms with Gasteiger partial charge in [-0.05, 0) is 71.3 Å². The van der Waals surface area contributed by atoms with Crippen LogP contribution in [0.4, 0.5) is 0 Å². The van der Waals surface area contributed by atoms with Gasteiger partial charge in [-0.1, -0.05) is 6.42 Å². The van der Waals surface area contributed by atoms with Crippen molar-refractivity contribution in [3.05, 3.63) is 26.6 Å². The molecule has 0 unspecified atom stereocenters. The molecule has 2 aromatic rings. The van der Waals surface area contributed by atoms with Crippen LogP contribution < -0.4 is 5.56 Å². The van der Waals surface area contributed by atoms with Crippen molar-refractivity contribution in [2.24, 2.45) is 0 Å². The first kappa shape index (κ1) is 18.1. The van der Waals surface area contributed by atoms with Gasteiger partial charge in [0.25, 0.3) is 5.56 Å². The third kappa shape index (κ3) is 3.59. The van der Waals surface area contributed by atoms with Gasteiger partial charge in [0.2, 0.25) is 0 Å². The van der Waals surface area contributed by atoms with Gasteiger partial charge in [-0.25, -0.2) is 4.98 Å². The van der Waals surface area contributed by atoms with Crippen LogP contribution in [0.5, 0.6) is 0 Å². The third-order valence-electron chi connectivity index (χ3n) is 6.02. The molecular formula is C20H30N4OS. The van der Waals surface area contributed by atoms with Crippen LogP contribution in [0.1, 0.15) is 48.4 Å². The van der Waals surface area contributed by atoms with E-state index in [1.807, 2.05) is 4.57 Å². The summed E-state index contributed by atoms with van der Waals surface area (Å²) in [6, 6.07) is 0. The summed E-state index contributed by atoms with van der Waals surface area (Å²) in [5, 5.41) is 0.844. The third-order valence-corrected chi connectivity index (χ3v) is 7.12. The Morgan fingerprint density at radius 3 is 2.31 bits per heavy atom. The standard InChI is InChI=1S/C20H30N4OS/c1-15-16(2)26-19-18(15)20(25)24(13-12-22-8-4-3-5-9-22)17(21-19)14-23-10-6-7-11-23/h3-14H2,1-2H3. The van der Waals surface area contributed by atoms with Crippen molar-refractivity contribution in [2.75, 3.05) is 32.7 Å². The predicted octanol–water partition coefficient (Wildman–Crippen LogP) is 3.16. The lowest BCUT2D eigenvalue weighted by Gasteiger charge is -2.27. The summed E-state index contributed by atoms with van der Waals surface area (Å²) in [7, 11) is 0. The number of thiophene rings is 1. The average Bonchev–Trinajstić information content (AvgIpc) is 3.24. The highest BCUT2D eigenvalue weighted by atomic mass is 32.1. The fraction of sp³-hybridized carbons (Fsp3) is 0.700. The predicted molar refractivity (Wildman–Crippen MR) is 108 cm³/mol. The number of nitrogens with zero attached hydrogens (tertiary/aromatic N) is 4. The number of rotatable bonds is 5. The molecule has 0 atom stereocenters. The van der Waals surface area contributed by atoms with Gasteiger partial charge in [0.15, 0.2) is 0 Å². The van der Waals surface area contributed by atoms with E-state index in [0.717, 1.165) is 54.3 Å². The van der Waals surface area contributed by atoms with Crippen LogP contribution in [0.15, 0.2) is 4.79 Å². The van der Waals surface area contributed by atoms with E-state index in [2.05, 4.69) is 23.6 Å². The Morgan fingerprint density at radius 1 is 0.923 bits per heavy atom. The van der Waals surface area contributed by atoms with Crippen molar-refractivity contribution in [1.29, 1.82) is 0 Å². The number of hydrogen-bond donors (Lipinski definition) is 0. The summed E-state index contributed by atoms with van der Waals surface area (Å²) >= 11 is 1.67. The molecule has 4 heterocycles. The molecule has 0 N–H and O–H groups in total. The van der Waals surface area contributed by atoms with E-state index >= 15 is 0 Å². The second-order valence-electron chi connectivity index (χ2n) is 7.83. The minimum atomic E-state index is 0.169. The maximum absolute atomic E-state index is 13.3. The van der Waals surface area contributed by atoms with Gasteiger partial charge in [-0.3, -0.25) is 14.3 Å². The Labute approximate surface area is 159 Å². The molecule has 2 aliphatic rings. The van der Waals surface area contributed by atoms with Crippen LogP contribution in [-0.2, 0) is 13.1 Å². The van der Waals surface area contributed by atoms with E-state index < -0.39 is 0 Å². The number of fused-ring (bicyclic) bond motifs is 1. The summed E-state index contributed by atoms with van der Waals surface area (Å²) < 4.78 is 1.98. The van der Waals surface area contributed by atoms with Gasteiger partial charge in [0.05, 0.1) is 11.9 Å². The topological polar surface area (TPSA) is 41.4 Å². The quantitative estimate of drug-likeness (QED) is 0.806. The fourth-order valence-corrected chi connectivity index (χ4v) is 5.32. The summed E-state index contributed by atoms with van der Waals surface area (Å²) in [4.78, 5) is 25.4. The zero-order valence-corrected chi connectivity index (χ0v) is 16.9. The van der Waals surface area contributed by atoms with Gasteiger partial charge in [0.1, 0.15) is 10.7 Å². The first-order valence-corrected chi connectivity index (χ1v) is 10.9. The van der Waals surface area contributed by atoms with Crippen LogP contribution >= 0.6 is 11.3 Å². The van der Waals surface area contributed by atoms with Crippen molar-refractivity contribution in [3.8, 4) is 0 Å². The molecule has 0 radical (unpaired) electrons. The van der Waals surface area contributed by atoms with Crippen LogP contribution in [0.2, 0.25) is 0 Å². The maximum atomic E-state index is 13.3. The van der Waals surface area contributed by atoms with E-state index in [4.69, 9.17) is 4.98 Å². The molecule has 0 saturated carbocycles.